The number of allylic oxidation sites excluding steroid dienone is 1. The molecule has 6 nitrogen and oxygen atoms in total. The zero-order valence-electron chi connectivity index (χ0n) is 14.6. The Morgan fingerprint density at radius 3 is 2.68 bits per heavy atom. The predicted molar refractivity (Wildman–Crippen MR) is 97.7 cm³/mol. The molecule has 0 N–H and O–H groups in total. The van der Waals surface area contributed by atoms with Crippen molar-refractivity contribution in [1.82, 2.24) is 14.8 Å². The lowest BCUT2D eigenvalue weighted by atomic mass is 10.2. The summed E-state index contributed by atoms with van der Waals surface area (Å²) >= 11 is 1.29. The van der Waals surface area contributed by atoms with E-state index in [4.69, 9.17) is 9.47 Å². The van der Waals surface area contributed by atoms with Gasteiger partial charge < -0.3 is 9.47 Å². The average molecular weight is 361 g/mol. The molecule has 0 fully saturated rings. The Morgan fingerprint density at radius 1 is 1.28 bits per heavy atom. The number of carbonyl (C=O) groups is 1. The minimum absolute atomic E-state index is 0.197. The maximum Gasteiger partial charge on any atom is 0.316 e. The van der Waals surface area contributed by atoms with Crippen molar-refractivity contribution in [3.05, 3.63) is 48.3 Å². The molecule has 0 aliphatic rings. The standard InChI is InChI=1S/C18H23N3O3S/c1-4-11-21-16(12-24-15-9-7-14(5-2)8-10-15)19-20-18(21)25-13-17(22)23-6-3/h4,7-10H,1,5-6,11-13H2,2-3H3. The number of ether oxygens (including phenoxy) is 2. The fourth-order valence-electron chi connectivity index (χ4n) is 2.14. The molecular formula is C18H23N3O3S. The highest BCUT2D eigenvalue weighted by atomic mass is 32.2. The third kappa shape index (κ3) is 5.63. The van der Waals surface area contributed by atoms with E-state index in [1.165, 1.54) is 17.3 Å². The van der Waals surface area contributed by atoms with Crippen LogP contribution in [0.1, 0.15) is 25.2 Å². The topological polar surface area (TPSA) is 66.2 Å². The van der Waals surface area contributed by atoms with Crippen LogP contribution in [0.2, 0.25) is 0 Å². The third-order valence-electron chi connectivity index (χ3n) is 3.43. The van der Waals surface area contributed by atoms with Gasteiger partial charge in [0.25, 0.3) is 0 Å². The number of hydrogen-bond donors (Lipinski definition) is 0. The highest BCUT2D eigenvalue weighted by Gasteiger charge is 2.14. The monoisotopic (exact) mass is 361 g/mol. The first-order valence-corrected chi connectivity index (χ1v) is 9.19. The molecule has 1 aromatic carbocycles. The van der Waals surface area contributed by atoms with Crippen LogP contribution >= 0.6 is 11.8 Å². The molecule has 134 valence electrons. The van der Waals surface area contributed by atoms with Gasteiger partial charge in [0, 0.05) is 6.54 Å². The van der Waals surface area contributed by atoms with Crippen molar-refractivity contribution in [3.8, 4) is 5.75 Å². The maximum absolute atomic E-state index is 11.5. The lowest BCUT2D eigenvalue weighted by molar-refractivity contribution is -0.139. The minimum atomic E-state index is -0.269. The zero-order valence-corrected chi connectivity index (χ0v) is 15.4. The highest BCUT2D eigenvalue weighted by Crippen LogP contribution is 2.19. The van der Waals surface area contributed by atoms with Crippen molar-refractivity contribution < 1.29 is 14.3 Å². The van der Waals surface area contributed by atoms with Crippen LogP contribution in [0.15, 0.2) is 42.1 Å². The first-order valence-electron chi connectivity index (χ1n) is 8.21. The van der Waals surface area contributed by atoms with E-state index >= 15 is 0 Å². The van der Waals surface area contributed by atoms with E-state index in [0.717, 1.165) is 12.2 Å². The summed E-state index contributed by atoms with van der Waals surface area (Å²) in [5, 5.41) is 8.97. The molecule has 2 aromatic rings. The quantitative estimate of drug-likeness (QED) is 0.368. The van der Waals surface area contributed by atoms with E-state index in [0.29, 0.717) is 30.7 Å². The summed E-state index contributed by atoms with van der Waals surface area (Å²) in [6, 6.07) is 7.99. The van der Waals surface area contributed by atoms with Crippen LogP contribution in [0, 0.1) is 0 Å². The van der Waals surface area contributed by atoms with Gasteiger partial charge in [-0.3, -0.25) is 9.36 Å². The van der Waals surface area contributed by atoms with E-state index in [9.17, 15) is 4.79 Å². The Hall–Kier alpha value is -2.28. The largest absolute Gasteiger partial charge is 0.486 e. The van der Waals surface area contributed by atoms with Crippen LogP contribution in [0.25, 0.3) is 0 Å². The first kappa shape index (κ1) is 19.1. The fraction of sp³-hybridized carbons (Fsp3) is 0.389. The zero-order chi connectivity index (χ0) is 18.1. The Kier molecular flexibility index (Phi) is 7.53. The molecule has 0 aliphatic heterocycles. The van der Waals surface area contributed by atoms with Gasteiger partial charge in [-0.1, -0.05) is 36.9 Å². The van der Waals surface area contributed by atoms with Crippen LogP contribution < -0.4 is 4.74 Å². The number of nitrogens with zero attached hydrogens (tertiary/aromatic N) is 3. The van der Waals surface area contributed by atoms with Gasteiger partial charge in [-0.15, -0.1) is 16.8 Å². The number of aromatic nitrogens is 3. The molecule has 0 unspecified atom stereocenters. The number of carbonyl (C=O) groups excluding carboxylic acids is 1. The van der Waals surface area contributed by atoms with Gasteiger partial charge in [0.15, 0.2) is 11.0 Å². The molecule has 0 atom stereocenters. The summed E-state index contributed by atoms with van der Waals surface area (Å²) < 4.78 is 12.6. The van der Waals surface area contributed by atoms with Crippen LogP contribution in [-0.4, -0.2) is 33.1 Å². The van der Waals surface area contributed by atoms with Crippen molar-refractivity contribution >= 4 is 17.7 Å². The Balaban J connectivity index is 2.01. The van der Waals surface area contributed by atoms with Crippen LogP contribution in [0.3, 0.4) is 0 Å². The number of benzene rings is 1. The second-order valence-electron chi connectivity index (χ2n) is 5.18. The summed E-state index contributed by atoms with van der Waals surface area (Å²) in [6.07, 6.45) is 2.76. The van der Waals surface area contributed by atoms with Crippen LogP contribution in [0.5, 0.6) is 5.75 Å². The van der Waals surface area contributed by atoms with E-state index < -0.39 is 0 Å². The molecule has 0 bridgehead atoms. The van der Waals surface area contributed by atoms with Gasteiger partial charge in [0.2, 0.25) is 0 Å². The fourth-order valence-corrected chi connectivity index (χ4v) is 2.90. The molecule has 1 heterocycles. The second-order valence-corrected chi connectivity index (χ2v) is 6.12. The number of rotatable bonds is 10. The van der Waals surface area contributed by atoms with Gasteiger partial charge >= 0.3 is 5.97 Å². The van der Waals surface area contributed by atoms with Gasteiger partial charge in [0.1, 0.15) is 12.4 Å². The molecule has 2 rings (SSSR count). The van der Waals surface area contributed by atoms with E-state index in [1.807, 2.05) is 28.8 Å². The van der Waals surface area contributed by atoms with Crippen LogP contribution in [-0.2, 0) is 29.1 Å². The molecule has 0 saturated heterocycles. The second kappa shape index (κ2) is 9.88. The number of aryl methyl sites for hydroxylation is 1. The van der Waals surface area contributed by atoms with Gasteiger partial charge in [-0.05, 0) is 31.0 Å². The molecule has 0 spiro atoms. The lowest BCUT2D eigenvalue weighted by Gasteiger charge is -2.09. The molecule has 7 heteroatoms. The third-order valence-corrected chi connectivity index (χ3v) is 4.37. The Bertz CT molecular complexity index is 698. The minimum Gasteiger partial charge on any atom is -0.486 e. The molecule has 0 radical (unpaired) electrons. The molecule has 0 aliphatic carbocycles. The molecular weight excluding hydrogens is 338 g/mol. The SMILES string of the molecule is C=CCn1c(COc2ccc(CC)cc2)nnc1SCC(=O)OCC. The summed E-state index contributed by atoms with van der Waals surface area (Å²) in [4.78, 5) is 11.5. The maximum atomic E-state index is 11.5. The number of thioether (sulfide) groups is 1. The Morgan fingerprint density at radius 2 is 2.04 bits per heavy atom. The smallest absolute Gasteiger partial charge is 0.316 e. The van der Waals surface area contributed by atoms with Gasteiger partial charge in [-0.2, -0.15) is 0 Å². The van der Waals surface area contributed by atoms with Gasteiger partial charge in [0.05, 0.1) is 12.4 Å². The number of hydrogen-bond acceptors (Lipinski definition) is 6. The molecule has 25 heavy (non-hydrogen) atoms. The molecule has 0 saturated carbocycles. The normalized spacial score (nSPS) is 10.5. The van der Waals surface area contributed by atoms with Crippen molar-refractivity contribution in [2.24, 2.45) is 0 Å². The van der Waals surface area contributed by atoms with E-state index in [-0.39, 0.29) is 11.7 Å². The number of esters is 1. The summed E-state index contributed by atoms with van der Waals surface area (Å²) in [5.41, 5.74) is 1.26. The highest BCUT2D eigenvalue weighted by molar-refractivity contribution is 7.99. The van der Waals surface area contributed by atoms with Crippen molar-refractivity contribution in [2.75, 3.05) is 12.4 Å². The lowest BCUT2D eigenvalue weighted by Crippen LogP contribution is -2.10. The summed E-state index contributed by atoms with van der Waals surface area (Å²) in [7, 11) is 0. The molecule has 0 amide bonds. The first-order chi connectivity index (χ1) is 12.2. The van der Waals surface area contributed by atoms with E-state index in [1.54, 1.807) is 13.0 Å². The average Bonchev–Trinajstić information content (AvgIpc) is 3.01. The summed E-state index contributed by atoms with van der Waals surface area (Å²) in [6.45, 7) is 8.87. The van der Waals surface area contributed by atoms with Crippen molar-refractivity contribution in [3.63, 3.8) is 0 Å². The van der Waals surface area contributed by atoms with Crippen molar-refractivity contribution in [2.45, 2.75) is 38.6 Å². The van der Waals surface area contributed by atoms with Crippen molar-refractivity contribution in [1.29, 1.82) is 0 Å². The Labute approximate surface area is 152 Å². The summed E-state index contributed by atoms with van der Waals surface area (Å²) in [5.74, 6) is 1.40. The van der Waals surface area contributed by atoms with Crippen LogP contribution in [0.4, 0.5) is 0 Å². The predicted octanol–water partition coefficient (Wildman–Crippen LogP) is 3.26. The van der Waals surface area contributed by atoms with E-state index in [2.05, 4.69) is 23.7 Å². The molecule has 1 aromatic heterocycles. The van der Waals surface area contributed by atoms with Gasteiger partial charge in [-0.25, -0.2) is 0 Å².